The summed E-state index contributed by atoms with van der Waals surface area (Å²) in [6.07, 6.45) is 3.00. The number of nitrogens with one attached hydrogen (secondary N) is 1. The van der Waals surface area contributed by atoms with E-state index in [0.717, 1.165) is 17.0 Å². The van der Waals surface area contributed by atoms with Gasteiger partial charge in [-0.05, 0) is 24.3 Å². The minimum absolute atomic E-state index is 0.204. The first-order valence-electron chi connectivity index (χ1n) is 8.09. The van der Waals surface area contributed by atoms with Crippen molar-refractivity contribution in [2.24, 2.45) is 0 Å². The molecule has 8 nitrogen and oxygen atoms in total. The monoisotopic (exact) mass is 349 g/mol. The molecule has 4 rings (SSSR count). The predicted octanol–water partition coefficient (Wildman–Crippen LogP) is 1.74. The summed E-state index contributed by atoms with van der Waals surface area (Å²) in [6.45, 7) is 1.20. The highest BCUT2D eigenvalue weighted by molar-refractivity contribution is 5.94. The fourth-order valence-electron chi connectivity index (χ4n) is 2.85. The third-order valence-corrected chi connectivity index (χ3v) is 4.21. The molecule has 0 bridgehead atoms. The van der Waals surface area contributed by atoms with E-state index in [1.54, 1.807) is 41.5 Å². The van der Waals surface area contributed by atoms with Gasteiger partial charge in [-0.2, -0.15) is 5.26 Å². The molecule has 3 heterocycles. The molecule has 130 valence electrons. The largest absolute Gasteiger partial charge is 0.472 e. The molecule has 2 aromatic heterocycles. The summed E-state index contributed by atoms with van der Waals surface area (Å²) in [5, 5.41) is 20.1. The first kappa shape index (κ1) is 16.1. The van der Waals surface area contributed by atoms with E-state index >= 15 is 0 Å². The van der Waals surface area contributed by atoms with E-state index in [1.807, 2.05) is 12.1 Å². The van der Waals surface area contributed by atoms with E-state index in [0.29, 0.717) is 30.8 Å². The SMILES string of the molecule is N#Cc1cccc(C(=O)NC[C@H]2Cn3nnc(-c4ccoc4)c3CO2)c1. The maximum absolute atomic E-state index is 12.2. The summed E-state index contributed by atoms with van der Waals surface area (Å²) < 4.78 is 12.7. The Hall–Kier alpha value is -3.44. The lowest BCUT2D eigenvalue weighted by molar-refractivity contribution is 0.00177. The van der Waals surface area contributed by atoms with Crippen molar-refractivity contribution in [3.05, 3.63) is 59.7 Å². The number of hydrogen-bond acceptors (Lipinski definition) is 6. The number of nitrogens with zero attached hydrogens (tertiary/aromatic N) is 4. The highest BCUT2D eigenvalue weighted by Crippen LogP contribution is 2.25. The number of carbonyl (C=O) groups is 1. The minimum Gasteiger partial charge on any atom is -0.472 e. The van der Waals surface area contributed by atoms with Crippen molar-refractivity contribution in [3.8, 4) is 17.3 Å². The van der Waals surface area contributed by atoms with Crippen LogP contribution in [-0.2, 0) is 17.9 Å². The van der Waals surface area contributed by atoms with Crippen molar-refractivity contribution in [2.75, 3.05) is 6.54 Å². The zero-order valence-electron chi connectivity index (χ0n) is 13.8. The summed E-state index contributed by atoms with van der Waals surface area (Å²) in [7, 11) is 0. The molecule has 1 aliphatic heterocycles. The highest BCUT2D eigenvalue weighted by Gasteiger charge is 2.25. The molecule has 1 aromatic carbocycles. The van der Waals surface area contributed by atoms with Crippen LogP contribution in [-0.4, -0.2) is 33.5 Å². The lowest BCUT2D eigenvalue weighted by atomic mass is 10.1. The quantitative estimate of drug-likeness (QED) is 0.769. The normalized spacial score (nSPS) is 15.9. The van der Waals surface area contributed by atoms with Crippen LogP contribution in [0.5, 0.6) is 0 Å². The second kappa shape index (κ2) is 6.82. The maximum atomic E-state index is 12.2. The molecule has 0 saturated carbocycles. The molecule has 1 amide bonds. The zero-order valence-corrected chi connectivity index (χ0v) is 13.8. The predicted molar refractivity (Wildman–Crippen MR) is 89.8 cm³/mol. The molecule has 0 radical (unpaired) electrons. The van der Waals surface area contributed by atoms with Crippen molar-refractivity contribution in [2.45, 2.75) is 19.3 Å². The van der Waals surface area contributed by atoms with Crippen LogP contribution >= 0.6 is 0 Å². The Morgan fingerprint density at radius 2 is 2.35 bits per heavy atom. The minimum atomic E-state index is -0.242. The first-order chi connectivity index (χ1) is 12.7. The van der Waals surface area contributed by atoms with E-state index < -0.39 is 0 Å². The number of nitriles is 1. The Balaban J connectivity index is 1.39. The van der Waals surface area contributed by atoms with Gasteiger partial charge in [-0.15, -0.1) is 5.10 Å². The number of rotatable bonds is 4. The standard InChI is InChI=1S/C18H15N5O3/c19-7-12-2-1-3-13(6-12)18(24)20-8-15-9-23-16(11-26-15)17(21-22-23)14-4-5-25-10-14/h1-6,10,15H,8-9,11H2,(H,20,24)/t15-/m0/s1. The van der Waals surface area contributed by atoms with E-state index in [4.69, 9.17) is 14.4 Å². The van der Waals surface area contributed by atoms with Crippen LogP contribution < -0.4 is 5.32 Å². The fraction of sp³-hybridized carbons (Fsp3) is 0.222. The number of hydrogen-bond donors (Lipinski definition) is 1. The summed E-state index contributed by atoms with van der Waals surface area (Å²) in [5.41, 5.74) is 3.39. The number of ether oxygens (including phenoxy) is 1. The van der Waals surface area contributed by atoms with Crippen LogP contribution in [0.2, 0.25) is 0 Å². The van der Waals surface area contributed by atoms with Gasteiger partial charge in [-0.25, -0.2) is 4.68 Å². The van der Waals surface area contributed by atoms with Gasteiger partial charge in [0, 0.05) is 17.7 Å². The Kier molecular flexibility index (Phi) is 4.21. The van der Waals surface area contributed by atoms with Crippen LogP contribution in [0.4, 0.5) is 0 Å². The van der Waals surface area contributed by atoms with Gasteiger partial charge in [0.05, 0.1) is 49.1 Å². The third kappa shape index (κ3) is 3.08. The number of benzene rings is 1. The Morgan fingerprint density at radius 1 is 1.42 bits per heavy atom. The molecular weight excluding hydrogens is 334 g/mol. The van der Waals surface area contributed by atoms with Crippen molar-refractivity contribution in [1.82, 2.24) is 20.3 Å². The second-order valence-corrected chi connectivity index (χ2v) is 5.91. The molecule has 3 aromatic rings. The number of aromatic nitrogens is 3. The van der Waals surface area contributed by atoms with Crippen LogP contribution in [0.1, 0.15) is 21.6 Å². The average molecular weight is 349 g/mol. The number of amides is 1. The average Bonchev–Trinajstić information content (AvgIpc) is 3.35. The van der Waals surface area contributed by atoms with Crippen molar-refractivity contribution >= 4 is 5.91 Å². The van der Waals surface area contributed by atoms with E-state index in [1.165, 1.54) is 0 Å². The van der Waals surface area contributed by atoms with Crippen molar-refractivity contribution in [1.29, 1.82) is 5.26 Å². The van der Waals surface area contributed by atoms with Gasteiger partial charge in [0.15, 0.2) is 0 Å². The van der Waals surface area contributed by atoms with Gasteiger partial charge in [0.2, 0.25) is 0 Å². The fourth-order valence-corrected chi connectivity index (χ4v) is 2.85. The van der Waals surface area contributed by atoms with Crippen LogP contribution in [0, 0.1) is 11.3 Å². The van der Waals surface area contributed by atoms with E-state index in [9.17, 15) is 4.79 Å². The second-order valence-electron chi connectivity index (χ2n) is 5.91. The van der Waals surface area contributed by atoms with Gasteiger partial charge in [0.25, 0.3) is 5.91 Å². The van der Waals surface area contributed by atoms with Gasteiger partial charge >= 0.3 is 0 Å². The molecule has 0 fully saturated rings. The summed E-state index contributed by atoms with van der Waals surface area (Å²) in [4.78, 5) is 12.2. The molecule has 1 N–H and O–H groups in total. The number of carbonyl (C=O) groups excluding carboxylic acids is 1. The molecule has 8 heteroatoms. The molecule has 0 unspecified atom stereocenters. The molecule has 26 heavy (non-hydrogen) atoms. The summed E-state index contributed by atoms with van der Waals surface area (Å²) in [5.74, 6) is -0.242. The van der Waals surface area contributed by atoms with E-state index in [-0.39, 0.29) is 12.0 Å². The van der Waals surface area contributed by atoms with Gasteiger partial charge in [0.1, 0.15) is 5.69 Å². The maximum Gasteiger partial charge on any atom is 0.251 e. The summed E-state index contributed by atoms with van der Waals surface area (Å²) in [6, 6.07) is 10.4. The molecule has 1 aliphatic rings. The first-order valence-corrected chi connectivity index (χ1v) is 8.09. The van der Waals surface area contributed by atoms with Crippen LogP contribution in [0.15, 0.2) is 47.3 Å². The smallest absolute Gasteiger partial charge is 0.251 e. The van der Waals surface area contributed by atoms with Crippen molar-refractivity contribution in [3.63, 3.8) is 0 Å². The topological polar surface area (TPSA) is 106 Å². The van der Waals surface area contributed by atoms with Crippen LogP contribution in [0.3, 0.4) is 0 Å². The molecule has 1 atom stereocenters. The third-order valence-electron chi connectivity index (χ3n) is 4.21. The summed E-state index contributed by atoms with van der Waals surface area (Å²) >= 11 is 0. The van der Waals surface area contributed by atoms with E-state index in [2.05, 4.69) is 15.6 Å². The van der Waals surface area contributed by atoms with Crippen molar-refractivity contribution < 1.29 is 13.9 Å². The zero-order chi connectivity index (χ0) is 17.9. The lowest BCUT2D eigenvalue weighted by Crippen LogP contribution is -2.39. The van der Waals surface area contributed by atoms with Gasteiger partial charge in [-0.3, -0.25) is 4.79 Å². The molecule has 0 saturated heterocycles. The van der Waals surface area contributed by atoms with Gasteiger partial charge in [-0.1, -0.05) is 11.3 Å². The molecule has 0 aliphatic carbocycles. The Morgan fingerprint density at radius 3 is 3.15 bits per heavy atom. The number of furan rings is 1. The van der Waals surface area contributed by atoms with Crippen LogP contribution in [0.25, 0.3) is 11.3 Å². The Bertz CT molecular complexity index is 971. The molecule has 0 spiro atoms. The number of fused-ring (bicyclic) bond motifs is 1. The molecular formula is C18H15N5O3. The lowest BCUT2D eigenvalue weighted by Gasteiger charge is -2.24. The van der Waals surface area contributed by atoms with Gasteiger partial charge < -0.3 is 14.5 Å². The Labute approximate surface area is 149 Å². The highest BCUT2D eigenvalue weighted by atomic mass is 16.5.